The van der Waals surface area contributed by atoms with Crippen molar-refractivity contribution in [2.45, 2.75) is 5.50 Å². The summed E-state index contributed by atoms with van der Waals surface area (Å²) in [5.74, 6) is 0. The Hall–Kier alpha value is -0.0400. The Morgan fingerprint density at radius 1 is 1.56 bits per heavy atom. The Kier molecular flexibility index (Phi) is 6.17. The van der Waals surface area contributed by atoms with E-state index in [-0.39, 0.29) is 5.50 Å². The fourth-order valence-electron chi connectivity index (χ4n) is 1.42. The minimum Gasteiger partial charge on any atom is -0.726 e. The average molecular weight is 316 g/mol. The van der Waals surface area contributed by atoms with E-state index in [9.17, 15) is 0 Å². The number of nitrogens with two attached hydrogens (primary N) is 1. The molecule has 2 saturated heterocycles. The predicted molar refractivity (Wildman–Crippen MR) is 71.1 cm³/mol. The minimum absolute atomic E-state index is 0.0691. The first-order valence-electron chi connectivity index (χ1n) is 5.10. The molecule has 4 N–H and O–H groups in total. The molecular weight excluding hydrogens is 300 g/mol. The second-order valence-corrected chi connectivity index (χ2v) is 6.95. The van der Waals surface area contributed by atoms with E-state index in [0.717, 1.165) is 26.2 Å². The van der Waals surface area contributed by atoms with E-state index in [1.165, 1.54) is 5.17 Å². The van der Waals surface area contributed by atoms with Gasteiger partial charge in [0.2, 0.25) is 15.9 Å². The summed E-state index contributed by atoms with van der Waals surface area (Å²) in [6, 6.07) is 0. The SMILES string of the molecule is CN1CC[N+](=C2NC(N)SS2)CC1.O=S(=O)([O-])O. The van der Waals surface area contributed by atoms with Crippen LogP contribution in [0.25, 0.3) is 0 Å². The number of nitrogens with one attached hydrogen (secondary N) is 1. The van der Waals surface area contributed by atoms with E-state index in [0.29, 0.717) is 0 Å². The first-order valence-corrected chi connectivity index (χ1v) is 8.67. The van der Waals surface area contributed by atoms with Crippen LogP contribution in [-0.4, -0.2) is 70.9 Å². The third kappa shape index (κ3) is 6.78. The van der Waals surface area contributed by atoms with Crippen LogP contribution < -0.4 is 11.1 Å². The van der Waals surface area contributed by atoms with Crippen LogP contribution in [0.2, 0.25) is 0 Å². The van der Waals surface area contributed by atoms with Crippen LogP contribution in [0, 0.1) is 0 Å². The third-order valence-electron chi connectivity index (χ3n) is 2.29. The van der Waals surface area contributed by atoms with Crippen molar-refractivity contribution in [3.63, 3.8) is 0 Å². The van der Waals surface area contributed by atoms with Crippen LogP contribution in [0.15, 0.2) is 0 Å². The lowest BCUT2D eigenvalue weighted by molar-refractivity contribution is -0.538. The highest BCUT2D eigenvalue weighted by Gasteiger charge is 2.28. The first-order chi connectivity index (χ1) is 8.25. The molecule has 0 spiro atoms. The molecule has 0 aliphatic carbocycles. The highest BCUT2D eigenvalue weighted by Crippen LogP contribution is 2.30. The highest BCUT2D eigenvalue weighted by molar-refractivity contribution is 8.83. The Bertz CT molecular complexity index is 395. The number of rotatable bonds is 0. The summed E-state index contributed by atoms with van der Waals surface area (Å²) >= 11 is 0. The van der Waals surface area contributed by atoms with Crippen molar-refractivity contribution in [1.82, 2.24) is 10.2 Å². The average Bonchev–Trinajstić information content (AvgIpc) is 2.63. The first kappa shape index (κ1) is 16.0. The van der Waals surface area contributed by atoms with Crippen LogP contribution in [0.4, 0.5) is 0 Å². The van der Waals surface area contributed by atoms with Crippen molar-refractivity contribution in [3.8, 4) is 0 Å². The van der Waals surface area contributed by atoms with E-state index in [1.807, 2.05) is 0 Å². The molecule has 0 aromatic heterocycles. The van der Waals surface area contributed by atoms with Gasteiger partial charge in [0.05, 0.1) is 13.1 Å². The van der Waals surface area contributed by atoms with Gasteiger partial charge >= 0.3 is 5.17 Å². The van der Waals surface area contributed by atoms with Crippen molar-refractivity contribution in [2.75, 3.05) is 33.2 Å². The second-order valence-electron chi connectivity index (χ2n) is 3.77. The molecule has 2 rings (SSSR count). The molecule has 2 aliphatic heterocycles. The lowest BCUT2D eigenvalue weighted by Gasteiger charge is -2.23. The van der Waals surface area contributed by atoms with Crippen molar-refractivity contribution in [1.29, 1.82) is 0 Å². The smallest absolute Gasteiger partial charge is 0.319 e. The quantitative estimate of drug-likeness (QED) is 0.213. The van der Waals surface area contributed by atoms with E-state index in [2.05, 4.69) is 21.8 Å². The Morgan fingerprint density at radius 3 is 2.44 bits per heavy atom. The summed E-state index contributed by atoms with van der Waals surface area (Å²) in [5, 5.41) is 4.51. The van der Waals surface area contributed by atoms with Gasteiger partial charge in [-0.3, -0.25) is 19.8 Å². The van der Waals surface area contributed by atoms with E-state index >= 15 is 0 Å². The number of hydrogen-bond donors (Lipinski definition) is 3. The summed E-state index contributed by atoms with van der Waals surface area (Å²) in [5.41, 5.74) is 5.80. The van der Waals surface area contributed by atoms with Gasteiger partial charge in [0.15, 0.2) is 0 Å². The van der Waals surface area contributed by atoms with Crippen LogP contribution in [0.3, 0.4) is 0 Å². The molecule has 8 nitrogen and oxygen atoms in total. The molecule has 18 heavy (non-hydrogen) atoms. The molecule has 0 amide bonds. The summed E-state index contributed by atoms with van der Waals surface area (Å²) in [4.78, 5) is 2.35. The van der Waals surface area contributed by atoms with Gasteiger partial charge < -0.3 is 4.55 Å². The molecular formula is C7H16N4O4S3. The van der Waals surface area contributed by atoms with Crippen LogP contribution >= 0.6 is 21.6 Å². The molecule has 0 aromatic carbocycles. The molecule has 0 radical (unpaired) electrons. The van der Waals surface area contributed by atoms with Crippen molar-refractivity contribution < 1.29 is 22.1 Å². The van der Waals surface area contributed by atoms with Gasteiger partial charge in [-0.25, -0.2) is 13.7 Å². The standard InChI is InChI=1S/C7H14N4S2.H2O4S/c1-10-2-4-11(5-3-10)7-9-6(8)12-13-7;1-5(2,3)4/h6H,2-5,8H2,1H3;(H2,1,2,3,4). The zero-order valence-electron chi connectivity index (χ0n) is 9.77. The van der Waals surface area contributed by atoms with Gasteiger partial charge in [0.1, 0.15) is 0 Å². The second kappa shape index (κ2) is 6.93. The molecule has 0 aromatic rings. The van der Waals surface area contributed by atoms with E-state index in [1.54, 1.807) is 21.6 Å². The maximum absolute atomic E-state index is 8.63. The Morgan fingerprint density at radius 2 is 2.06 bits per heavy atom. The lowest BCUT2D eigenvalue weighted by Crippen LogP contribution is -2.45. The van der Waals surface area contributed by atoms with Gasteiger partial charge in [-0.05, 0) is 17.8 Å². The zero-order chi connectivity index (χ0) is 13.8. The largest absolute Gasteiger partial charge is 0.726 e. The van der Waals surface area contributed by atoms with Gasteiger partial charge in [-0.2, -0.15) is 0 Å². The molecule has 0 saturated carbocycles. The highest BCUT2D eigenvalue weighted by atomic mass is 33.1. The van der Waals surface area contributed by atoms with E-state index in [4.69, 9.17) is 23.3 Å². The molecule has 1 unspecified atom stereocenters. The summed E-state index contributed by atoms with van der Waals surface area (Å²) < 4.78 is 35.2. The van der Waals surface area contributed by atoms with Crippen molar-refractivity contribution >= 4 is 37.2 Å². The zero-order valence-corrected chi connectivity index (χ0v) is 12.2. The van der Waals surface area contributed by atoms with Crippen LogP contribution in [0.5, 0.6) is 0 Å². The van der Waals surface area contributed by atoms with Crippen LogP contribution in [-0.2, 0) is 10.4 Å². The number of hydrogen-bond acceptors (Lipinski definition) is 7. The lowest BCUT2D eigenvalue weighted by atomic mass is 10.4. The summed E-state index contributed by atoms with van der Waals surface area (Å²) in [7, 11) is 0.701. The van der Waals surface area contributed by atoms with Crippen molar-refractivity contribution in [3.05, 3.63) is 0 Å². The van der Waals surface area contributed by atoms with Crippen molar-refractivity contribution in [2.24, 2.45) is 5.73 Å². The Labute approximate surface area is 114 Å². The normalized spacial score (nSPS) is 25.4. The monoisotopic (exact) mass is 316 g/mol. The molecule has 11 heteroatoms. The number of likely N-dealkylation sites (N-methyl/N-ethyl adjacent to an activating group) is 1. The molecule has 106 valence electrons. The molecule has 1 atom stereocenters. The molecule has 2 heterocycles. The summed E-state index contributed by atoms with van der Waals surface area (Å²) in [6.45, 7) is 4.51. The minimum atomic E-state index is -4.92. The fraction of sp³-hybridized carbons (Fsp3) is 0.857. The predicted octanol–water partition coefficient (Wildman–Crippen LogP) is -1.47. The number of amidine groups is 1. The molecule has 0 bridgehead atoms. The molecule has 2 fully saturated rings. The fourth-order valence-corrected chi connectivity index (χ4v) is 3.50. The van der Waals surface area contributed by atoms with Gasteiger partial charge in [-0.15, -0.1) is 0 Å². The number of piperazine rings is 1. The molecule has 2 aliphatic rings. The van der Waals surface area contributed by atoms with Gasteiger partial charge in [-0.1, -0.05) is 0 Å². The van der Waals surface area contributed by atoms with E-state index < -0.39 is 10.4 Å². The maximum atomic E-state index is 8.63. The number of nitrogens with zero attached hydrogens (tertiary/aromatic N) is 2. The van der Waals surface area contributed by atoms with Gasteiger partial charge in [0.25, 0.3) is 0 Å². The maximum Gasteiger partial charge on any atom is 0.319 e. The topological polar surface area (TPSA) is 122 Å². The van der Waals surface area contributed by atoms with Gasteiger partial charge in [0, 0.05) is 23.9 Å². The Balaban J connectivity index is 0.000000280. The van der Waals surface area contributed by atoms with Crippen LogP contribution in [0.1, 0.15) is 0 Å². The third-order valence-corrected chi connectivity index (χ3v) is 4.63. The summed E-state index contributed by atoms with van der Waals surface area (Å²) in [6.07, 6.45) is 0.